The van der Waals surface area contributed by atoms with Crippen molar-refractivity contribution in [1.82, 2.24) is 10.3 Å². The number of rotatable bonds is 8. The highest BCUT2D eigenvalue weighted by atomic mass is 32.1. The Morgan fingerprint density at radius 1 is 1.20 bits per heavy atom. The molecule has 0 amide bonds. The molecule has 0 aliphatic heterocycles. The number of nitrogens with zero attached hydrogens (tertiary/aromatic N) is 1. The van der Waals surface area contributed by atoms with Crippen LogP contribution in [0.1, 0.15) is 54.1 Å². The largest absolute Gasteiger partial charge is 0.305 e. The van der Waals surface area contributed by atoms with E-state index in [2.05, 4.69) is 54.5 Å². The molecular formula is C17H24N2S. The van der Waals surface area contributed by atoms with E-state index in [9.17, 15) is 0 Å². The molecule has 108 valence electrons. The van der Waals surface area contributed by atoms with Crippen LogP contribution in [0.4, 0.5) is 0 Å². The van der Waals surface area contributed by atoms with Gasteiger partial charge in [-0.15, -0.1) is 11.3 Å². The van der Waals surface area contributed by atoms with E-state index >= 15 is 0 Å². The number of hydrogen-bond donors (Lipinski definition) is 1. The predicted octanol–water partition coefficient (Wildman–Crippen LogP) is 4.86. The topological polar surface area (TPSA) is 24.9 Å². The maximum absolute atomic E-state index is 4.32. The number of unbranched alkanes of at least 4 members (excludes halogenated alkanes) is 2. The van der Waals surface area contributed by atoms with Crippen molar-refractivity contribution in [2.45, 2.75) is 52.1 Å². The lowest BCUT2D eigenvalue weighted by molar-refractivity contribution is 0.475. The zero-order valence-corrected chi connectivity index (χ0v) is 13.2. The van der Waals surface area contributed by atoms with E-state index in [1.165, 1.54) is 36.1 Å². The van der Waals surface area contributed by atoms with E-state index in [4.69, 9.17) is 0 Å². The molecule has 0 bridgehead atoms. The Labute approximate surface area is 126 Å². The van der Waals surface area contributed by atoms with Gasteiger partial charge in [-0.3, -0.25) is 0 Å². The molecule has 3 heteroatoms. The van der Waals surface area contributed by atoms with Gasteiger partial charge in [-0.05, 0) is 18.9 Å². The van der Waals surface area contributed by atoms with Crippen molar-refractivity contribution in [2.75, 3.05) is 0 Å². The summed E-state index contributed by atoms with van der Waals surface area (Å²) in [5.41, 5.74) is 1.39. The quantitative estimate of drug-likeness (QED) is 0.701. The van der Waals surface area contributed by atoms with Gasteiger partial charge in [0.05, 0.1) is 5.01 Å². The predicted molar refractivity (Wildman–Crippen MR) is 87.0 cm³/mol. The van der Waals surface area contributed by atoms with Crippen LogP contribution in [0, 0.1) is 6.92 Å². The van der Waals surface area contributed by atoms with E-state index in [1.54, 1.807) is 11.3 Å². The highest BCUT2D eigenvalue weighted by molar-refractivity contribution is 7.11. The SMILES string of the molecule is CCCCCC(NCc1cnc(C)s1)c1ccccc1. The first-order valence-corrected chi connectivity index (χ1v) is 8.31. The van der Waals surface area contributed by atoms with Crippen LogP contribution >= 0.6 is 11.3 Å². The lowest BCUT2D eigenvalue weighted by atomic mass is 10.0. The molecule has 0 saturated carbocycles. The summed E-state index contributed by atoms with van der Waals surface area (Å²) < 4.78 is 0. The zero-order chi connectivity index (χ0) is 14.2. The van der Waals surface area contributed by atoms with Crippen molar-refractivity contribution < 1.29 is 0 Å². The minimum absolute atomic E-state index is 0.449. The number of aromatic nitrogens is 1. The molecule has 0 spiro atoms. The third kappa shape index (κ3) is 4.73. The van der Waals surface area contributed by atoms with Gasteiger partial charge >= 0.3 is 0 Å². The first-order valence-electron chi connectivity index (χ1n) is 7.49. The summed E-state index contributed by atoms with van der Waals surface area (Å²) in [5, 5.41) is 4.84. The molecule has 2 aromatic rings. The maximum Gasteiger partial charge on any atom is 0.0897 e. The Morgan fingerprint density at radius 3 is 2.65 bits per heavy atom. The molecule has 1 aromatic heterocycles. The van der Waals surface area contributed by atoms with Crippen LogP contribution in [0.15, 0.2) is 36.5 Å². The van der Waals surface area contributed by atoms with Crippen LogP contribution < -0.4 is 5.32 Å². The first-order chi connectivity index (χ1) is 9.79. The Bertz CT molecular complexity index is 493. The van der Waals surface area contributed by atoms with Crippen LogP contribution in [0.3, 0.4) is 0 Å². The maximum atomic E-state index is 4.32. The number of aryl methyl sites for hydroxylation is 1. The van der Waals surface area contributed by atoms with Crippen molar-refractivity contribution in [2.24, 2.45) is 0 Å². The normalized spacial score (nSPS) is 12.5. The van der Waals surface area contributed by atoms with Crippen LogP contribution in [0.5, 0.6) is 0 Å². The molecule has 0 radical (unpaired) electrons. The van der Waals surface area contributed by atoms with Gasteiger partial charge in [-0.1, -0.05) is 56.5 Å². The van der Waals surface area contributed by atoms with E-state index in [1.807, 2.05) is 6.20 Å². The molecule has 1 aromatic carbocycles. The fourth-order valence-electron chi connectivity index (χ4n) is 2.38. The van der Waals surface area contributed by atoms with E-state index < -0.39 is 0 Å². The van der Waals surface area contributed by atoms with Crippen molar-refractivity contribution >= 4 is 11.3 Å². The van der Waals surface area contributed by atoms with Crippen LogP contribution in [0.2, 0.25) is 0 Å². The van der Waals surface area contributed by atoms with Gasteiger partial charge in [0.25, 0.3) is 0 Å². The molecule has 20 heavy (non-hydrogen) atoms. The number of thiazole rings is 1. The van der Waals surface area contributed by atoms with Gasteiger partial charge < -0.3 is 5.32 Å². The second kappa shape index (κ2) is 8.18. The summed E-state index contributed by atoms with van der Waals surface area (Å²) in [5.74, 6) is 0. The Hall–Kier alpha value is -1.19. The van der Waals surface area contributed by atoms with Crippen molar-refractivity contribution in [3.63, 3.8) is 0 Å². The van der Waals surface area contributed by atoms with Crippen LogP contribution in [0.25, 0.3) is 0 Å². The lowest BCUT2D eigenvalue weighted by Gasteiger charge is -2.18. The minimum Gasteiger partial charge on any atom is -0.305 e. The highest BCUT2D eigenvalue weighted by Crippen LogP contribution is 2.21. The second-order valence-corrected chi connectivity index (χ2v) is 6.50. The molecule has 1 N–H and O–H groups in total. The summed E-state index contributed by atoms with van der Waals surface area (Å²) in [6.07, 6.45) is 7.06. The molecule has 0 saturated heterocycles. The molecule has 0 fully saturated rings. The fraction of sp³-hybridized carbons (Fsp3) is 0.471. The Kier molecular flexibility index (Phi) is 6.22. The highest BCUT2D eigenvalue weighted by Gasteiger charge is 2.10. The Morgan fingerprint density at radius 2 is 2.00 bits per heavy atom. The van der Waals surface area contributed by atoms with Gasteiger partial charge in [0.15, 0.2) is 0 Å². The smallest absolute Gasteiger partial charge is 0.0897 e. The van der Waals surface area contributed by atoms with Crippen LogP contribution in [-0.2, 0) is 6.54 Å². The molecule has 1 unspecified atom stereocenters. The third-order valence-electron chi connectivity index (χ3n) is 3.49. The van der Waals surface area contributed by atoms with E-state index in [0.717, 1.165) is 11.6 Å². The molecule has 1 heterocycles. The summed E-state index contributed by atoms with van der Waals surface area (Å²) in [4.78, 5) is 5.64. The standard InChI is InChI=1S/C17H24N2S/c1-3-4-6-11-17(15-9-7-5-8-10-15)19-13-16-12-18-14(2)20-16/h5,7-10,12,17,19H,3-4,6,11,13H2,1-2H3. The molecule has 0 aliphatic rings. The van der Waals surface area contributed by atoms with Gasteiger partial charge in [0, 0.05) is 23.7 Å². The molecule has 0 aliphatic carbocycles. The number of hydrogen-bond acceptors (Lipinski definition) is 3. The second-order valence-electron chi connectivity index (χ2n) is 5.19. The lowest BCUT2D eigenvalue weighted by Crippen LogP contribution is -2.20. The average Bonchev–Trinajstić information content (AvgIpc) is 2.89. The zero-order valence-electron chi connectivity index (χ0n) is 12.4. The number of nitrogens with one attached hydrogen (secondary N) is 1. The summed E-state index contributed by atoms with van der Waals surface area (Å²) in [6.45, 7) is 5.23. The van der Waals surface area contributed by atoms with E-state index in [-0.39, 0.29) is 0 Å². The number of benzene rings is 1. The van der Waals surface area contributed by atoms with Crippen LogP contribution in [-0.4, -0.2) is 4.98 Å². The minimum atomic E-state index is 0.449. The summed E-state index contributed by atoms with van der Waals surface area (Å²) >= 11 is 1.78. The third-order valence-corrected chi connectivity index (χ3v) is 4.40. The fourth-order valence-corrected chi connectivity index (χ4v) is 3.13. The molecule has 2 nitrogen and oxygen atoms in total. The molecule has 2 rings (SSSR count). The molecule has 1 atom stereocenters. The van der Waals surface area contributed by atoms with Gasteiger partial charge in [-0.2, -0.15) is 0 Å². The van der Waals surface area contributed by atoms with E-state index in [0.29, 0.717) is 6.04 Å². The van der Waals surface area contributed by atoms with Gasteiger partial charge in [0.2, 0.25) is 0 Å². The summed E-state index contributed by atoms with van der Waals surface area (Å²) in [7, 11) is 0. The van der Waals surface area contributed by atoms with Crippen molar-refractivity contribution in [1.29, 1.82) is 0 Å². The molecular weight excluding hydrogens is 264 g/mol. The van der Waals surface area contributed by atoms with Crippen molar-refractivity contribution in [3.05, 3.63) is 52.0 Å². The average molecular weight is 288 g/mol. The van der Waals surface area contributed by atoms with Gasteiger partial charge in [-0.25, -0.2) is 4.98 Å². The monoisotopic (exact) mass is 288 g/mol. The van der Waals surface area contributed by atoms with Gasteiger partial charge in [0.1, 0.15) is 0 Å². The van der Waals surface area contributed by atoms with Crippen molar-refractivity contribution in [3.8, 4) is 0 Å². The Balaban J connectivity index is 1.95. The summed E-state index contributed by atoms with van der Waals surface area (Å²) in [6, 6.07) is 11.2. The first kappa shape index (κ1) is 15.2.